The summed E-state index contributed by atoms with van der Waals surface area (Å²) in [5, 5.41) is 5.22. The van der Waals surface area contributed by atoms with Gasteiger partial charge in [0, 0.05) is 4.88 Å². The van der Waals surface area contributed by atoms with Gasteiger partial charge in [-0.25, -0.2) is 4.98 Å². The fourth-order valence-electron chi connectivity index (χ4n) is 3.94. The van der Waals surface area contributed by atoms with Crippen LogP contribution in [0.25, 0.3) is 0 Å². The zero-order chi connectivity index (χ0) is 14.2. The number of nitrogens with zero attached hydrogens (tertiary/aromatic N) is 1. The minimum absolute atomic E-state index is 0.169. The van der Waals surface area contributed by atoms with E-state index in [1.54, 1.807) is 4.88 Å². The number of fused-ring (bicyclic) bond motifs is 1. The summed E-state index contributed by atoms with van der Waals surface area (Å²) < 4.78 is 0. The Bertz CT molecular complexity index is 444. The van der Waals surface area contributed by atoms with Crippen molar-refractivity contribution in [1.82, 2.24) is 10.3 Å². The number of nitrogens with one attached hydrogen (secondary N) is 1. The number of hydrogen-bond donors (Lipinski definition) is 1. The molecule has 0 radical (unpaired) electrons. The molecule has 0 aliphatic heterocycles. The molecule has 1 heterocycles. The number of aromatic nitrogens is 1. The highest BCUT2D eigenvalue weighted by Crippen LogP contribution is 2.45. The van der Waals surface area contributed by atoms with Crippen molar-refractivity contribution < 1.29 is 0 Å². The number of aryl methyl sites for hydroxylation is 2. The number of hydrogen-bond acceptors (Lipinski definition) is 3. The first-order valence-electron chi connectivity index (χ1n) is 8.38. The normalized spacial score (nSPS) is 34.0. The summed E-state index contributed by atoms with van der Waals surface area (Å²) in [6.07, 6.45) is 9.01. The highest BCUT2D eigenvalue weighted by atomic mass is 32.1. The summed E-state index contributed by atoms with van der Waals surface area (Å²) in [4.78, 5) is 6.66. The van der Waals surface area contributed by atoms with Crippen molar-refractivity contribution in [2.24, 2.45) is 11.8 Å². The van der Waals surface area contributed by atoms with E-state index in [-0.39, 0.29) is 5.54 Å². The Labute approximate surface area is 127 Å². The van der Waals surface area contributed by atoms with Crippen molar-refractivity contribution in [3.8, 4) is 0 Å². The monoisotopic (exact) mass is 292 g/mol. The van der Waals surface area contributed by atoms with Gasteiger partial charge in [-0.05, 0) is 63.3 Å². The van der Waals surface area contributed by atoms with Gasteiger partial charge in [0.15, 0.2) is 0 Å². The van der Waals surface area contributed by atoms with E-state index in [1.807, 2.05) is 11.3 Å². The van der Waals surface area contributed by atoms with E-state index >= 15 is 0 Å². The van der Waals surface area contributed by atoms with Crippen LogP contribution in [0.1, 0.15) is 68.5 Å². The van der Waals surface area contributed by atoms with Crippen molar-refractivity contribution >= 4 is 11.3 Å². The molecule has 1 fully saturated rings. The average molecular weight is 292 g/mol. The van der Waals surface area contributed by atoms with E-state index in [0.29, 0.717) is 0 Å². The van der Waals surface area contributed by atoms with Gasteiger partial charge in [-0.15, -0.1) is 11.3 Å². The number of thiazole rings is 1. The van der Waals surface area contributed by atoms with Crippen LogP contribution in [-0.2, 0) is 18.4 Å². The Morgan fingerprint density at radius 1 is 1.25 bits per heavy atom. The molecule has 1 N–H and O–H groups in total. The lowest BCUT2D eigenvalue weighted by Crippen LogP contribution is -2.47. The zero-order valence-electron chi connectivity index (χ0n) is 13.2. The van der Waals surface area contributed by atoms with Gasteiger partial charge in [0.1, 0.15) is 5.01 Å². The predicted octanol–water partition coefficient (Wildman–Crippen LogP) is 4.28. The van der Waals surface area contributed by atoms with E-state index in [4.69, 9.17) is 4.98 Å². The molecule has 2 aliphatic carbocycles. The molecule has 0 bridgehead atoms. The molecule has 3 heteroatoms. The van der Waals surface area contributed by atoms with Gasteiger partial charge in [-0.2, -0.15) is 0 Å². The smallest absolute Gasteiger partial charge is 0.113 e. The van der Waals surface area contributed by atoms with Crippen molar-refractivity contribution in [3.05, 3.63) is 15.6 Å². The van der Waals surface area contributed by atoms with Crippen molar-refractivity contribution in [3.63, 3.8) is 0 Å². The first-order chi connectivity index (χ1) is 9.64. The van der Waals surface area contributed by atoms with E-state index in [9.17, 15) is 0 Å². The fraction of sp³-hybridized carbons (Fsp3) is 0.824. The largest absolute Gasteiger partial charge is 0.306 e. The molecule has 0 spiro atoms. The van der Waals surface area contributed by atoms with Crippen LogP contribution in [0.3, 0.4) is 0 Å². The van der Waals surface area contributed by atoms with E-state index in [2.05, 4.69) is 26.1 Å². The van der Waals surface area contributed by atoms with Gasteiger partial charge in [-0.3, -0.25) is 0 Å². The third-order valence-corrected chi connectivity index (χ3v) is 6.80. The minimum atomic E-state index is 0.169. The lowest BCUT2D eigenvalue weighted by Gasteiger charge is -2.42. The summed E-state index contributed by atoms with van der Waals surface area (Å²) in [5.41, 5.74) is 1.59. The molecule has 2 nitrogen and oxygen atoms in total. The summed E-state index contributed by atoms with van der Waals surface area (Å²) in [6, 6.07) is 0. The summed E-state index contributed by atoms with van der Waals surface area (Å²) in [5.74, 6) is 1.65. The van der Waals surface area contributed by atoms with Gasteiger partial charge in [0.2, 0.25) is 0 Å². The Morgan fingerprint density at radius 3 is 2.75 bits per heavy atom. The van der Waals surface area contributed by atoms with Crippen molar-refractivity contribution in [2.75, 3.05) is 6.54 Å². The SMILES string of the molecule is CCNC1(c2nc3c(s2)CCCC3)CCC(C)C(C)C1. The third kappa shape index (κ3) is 2.55. The molecule has 0 aromatic carbocycles. The molecule has 0 saturated heterocycles. The maximum Gasteiger partial charge on any atom is 0.113 e. The Kier molecular flexibility index (Phi) is 4.19. The second-order valence-corrected chi connectivity index (χ2v) is 7.99. The molecule has 3 unspecified atom stereocenters. The summed E-state index contributed by atoms with van der Waals surface area (Å²) >= 11 is 2.01. The van der Waals surface area contributed by atoms with E-state index in [1.165, 1.54) is 55.6 Å². The highest BCUT2D eigenvalue weighted by molar-refractivity contribution is 7.11. The molecule has 3 atom stereocenters. The Hall–Kier alpha value is -0.410. The molecule has 0 amide bonds. The summed E-state index contributed by atoms with van der Waals surface area (Å²) in [7, 11) is 0. The minimum Gasteiger partial charge on any atom is -0.306 e. The van der Waals surface area contributed by atoms with Gasteiger partial charge < -0.3 is 5.32 Å². The number of rotatable bonds is 3. The van der Waals surface area contributed by atoms with Gasteiger partial charge >= 0.3 is 0 Å². The molecule has 1 aromatic rings. The van der Waals surface area contributed by atoms with Crippen LogP contribution in [-0.4, -0.2) is 11.5 Å². The summed E-state index contributed by atoms with van der Waals surface area (Å²) in [6.45, 7) is 8.11. The van der Waals surface area contributed by atoms with Crippen LogP contribution in [0.2, 0.25) is 0 Å². The van der Waals surface area contributed by atoms with Gasteiger partial charge in [-0.1, -0.05) is 20.8 Å². The molecule has 112 valence electrons. The quantitative estimate of drug-likeness (QED) is 0.899. The molecule has 3 rings (SSSR count). The topological polar surface area (TPSA) is 24.9 Å². The molecule has 20 heavy (non-hydrogen) atoms. The van der Waals surface area contributed by atoms with Crippen molar-refractivity contribution in [2.45, 2.75) is 71.3 Å². The zero-order valence-corrected chi connectivity index (χ0v) is 14.0. The Balaban J connectivity index is 1.91. The van der Waals surface area contributed by atoms with Gasteiger partial charge in [0.05, 0.1) is 11.2 Å². The first-order valence-corrected chi connectivity index (χ1v) is 9.20. The predicted molar refractivity (Wildman–Crippen MR) is 86.3 cm³/mol. The second-order valence-electron chi connectivity index (χ2n) is 6.91. The Morgan fingerprint density at radius 2 is 2.05 bits per heavy atom. The molecule has 1 saturated carbocycles. The lowest BCUT2D eigenvalue weighted by molar-refractivity contribution is 0.142. The van der Waals surface area contributed by atoms with Crippen LogP contribution < -0.4 is 5.32 Å². The van der Waals surface area contributed by atoms with Crippen LogP contribution >= 0.6 is 11.3 Å². The average Bonchev–Trinajstić information content (AvgIpc) is 2.88. The van der Waals surface area contributed by atoms with Crippen LogP contribution in [0.4, 0.5) is 0 Å². The fourth-order valence-corrected chi connectivity index (χ4v) is 5.29. The van der Waals surface area contributed by atoms with Crippen LogP contribution in [0.5, 0.6) is 0 Å². The molecule has 2 aliphatic rings. The van der Waals surface area contributed by atoms with E-state index < -0.39 is 0 Å². The standard InChI is InChI=1S/C17H28N2S/c1-4-18-17(10-9-12(2)13(3)11-17)16-19-14-7-5-6-8-15(14)20-16/h12-13,18H,4-11H2,1-3H3. The lowest BCUT2D eigenvalue weighted by atomic mass is 9.71. The second kappa shape index (κ2) is 5.76. The maximum atomic E-state index is 5.08. The van der Waals surface area contributed by atoms with Crippen LogP contribution in [0, 0.1) is 11.8 Å². The van der Waals surface area contributed by atoms with E-state index in [0.717, 1.165) is 18.4 Å². The molecular formula is C17H28N2S. The van der Waals surface area contributed by atoms with Gasteiger partial charge in [0.25, 0.3) is 0 Å². The molecular weight excluding hydrogens is 264 g/mol. The maximum absolute atomic E-state index is 5.08. The van der Waals surface area contributed by atoms with Crippen LogP contribution in [0.15, 0.2) is 0 Å². The first kappa shape index (κ1) is 14.5. The third-order valence-electron chi connectivity index (χ3n) is 5.44. The highest BCUT2D eigenvalue weighted by Gasteiger charge is 2.41. The van der Waals surface area contributed by atoms with Crippen molar-refractivity contribution in [1.29, 1.82) is 0 Å². The molecule has 1 aromatic heterocycles.